The van der Waals surface area contributed by atoms with Crippen molar-refractivity contribution in [1.82, 2.24) is 4.90 Å². The standard InChI is InChI=1S/C13H16Cl2N2O2/c1-8-6-19-7-9(2)17(8)13(18)16-10-3-4-11(14)12(15)5-10/h3-5,8-9H,6-7H2,1-2H3,(H,16,18). The molecule has 1 heterocycles. The predicted molar refractivity (Wildman–Crippen MR) is 77.1 cm³/mol. The summed E-state index contributed by atoms with van der Waals surface area (Å²) in [6.45, 7) is 5.03. The molecule has 0 bridgehead atoms. The summed E-state index contributed by atoms with van der Waals surface area (Å²) < 4.78 is 5.40. The number of carbonyl (C=O) groups excluding carboxylic acids is 1. The van der Waals surface area contributed by atoms with E-state index >= 15 is 0 Å². The zero-order valence-corrected chi connectivity index (χ0v) is 12.3. The van der Waals surface area contributed by atoms with Crippen LogP contribution >= 0.6 is 23.2 Å². The smallest absolute Gasteiger partial charge is 0.322 e. The van der Waals surface area contributed by atoms with Gasteiger partial charge in [-0.05, 0) is 32.0 Å². The molecule has 1 aliphatic heterocycles. The third-order valence-corrected chi connectivity index (χ3v) is 3.81. The summed E-state index contributed by atoms with van der Waals surface area (Å²) in [7, 11) is 0. The van der Waals surface area contributed by atoms with Gasteiger partial charge in [-0.3, -0.25) is 0 Å². The van der Waals surface area contributed by atoms with Gasteiger partial charge in [-0.2, -0.15) is 0 Å². The molecule has 0 aliphatic carbocycles. The van der Waals surface area contributed by atoms with Gasteiger partial charge in [-0.15, -0.1) is 0 Å². The Balaban J connectivity index is 2.09. The number of amides is 2. The molecule has 1 fully saturated rings. The van der Waals surface area contributed by atoms with Crippen LogP contribution in [0.5, 0.6) is 0 Å². The molecule has 0 radical (unpaired) electrons. The molecule has 0 saturated carbocycles. The Morgan fingerprint density at radius 2 is 1.89 bits per heavy atom. The third kappa shape index (κ3) is 3.32. The zero-order valence-electron chi connectivity index (χ0n) is 10.8. The van der Waals surface area contributed by atoms with Crippen molar-refractivity contribution in [2.75, 3.05) is 18.5 Å². The average Bonchev–Trinajstić information content (AvgIpc) is 2.33. The number of hydrogen-bond acceptors (Lipinski definition) is 2. The zero-order chi connectivity index (χ0) is 14.0. The summed E-state index contributed by atoms with van der Waals surface area (Å²) in [6, 6.07) is 4.96. The van der Waals surface area contributed by atoms with E-state index in [2.05, 4.69) is 5.32 Å². The van der Waals surface area contributed by atoms with Gasteiger partial charge >= 0.3 is 6.03 Å². The number of nitrogens with zero attached hydrogens (tertiary/aromatic N) is 1. The van der Waals surface area contributed by atoms with Gasteiger partial charge < -0.3 is 15.0 Å². The lowest BCUT2D eigenvalue weighted by atomic mass is 10.2. The number of morpholine rings is 1. The van der Waals surface area contributed by atoms with Crippen molar-refractivity contribution < 1.29 is 9.53 Å². The van der Waals surface area contributed by atoms with Gasteiger partial charge in [0, 0.05) is 5.69 Å². The Bertz CT molecular complexity index is 472. The summed E-state index contributed by atoms with van der Waals surface area (Å²) in [4.78, 5) is 14.1. The molecule has 1 aromatic rings. The normalized spacial score (nSPS) is 23.3. The van der Waals surface area contributed by atoms with Gasteiger partial charge in [-0.1, -0.05) is 23.2 Å². The molecule has 104 valence electrons. The maximum Gasteiger partial charge on any atom is 0.322 e. The number of urea groups is 1. The summed E-state index contributed by atoms with van der Waals surface area (Å²) in [5, 5.41) is 3.71. The third-order valence-electron chi connectivity index (χ3n) is 3.07. The Hall–Kier alpha value is -0.970. The molecule has 0 aromatic heterocycles. The number of halogens is 2. The molecule has 2 rings (SSSR count). The fourth-order valence-electron chi connectivity index (χ4n) is 2.17. The van der Waals surface area contributed by atoms with Crippen molar-refractivity contribution >= 4 is 34.9 Å². The molecule has 2 unspecified atom stereocenters. The van der Waals surface area contributed by atoms with Gasteiger partial charge in [0.15, 0.2) is 0 Å². The van der Waals surface area contributed by atoms with Crippen LogP contribution in [0.3, 0.4) is 0 Å². The Kier molecular flexibility index (Phi) is 4.55. The molecule has 1 N–H and O–H groups in total. The van der Waals surface area contributed by atoms with E-state index < -0.39 is 0 Å². The number of rotatable bonds is 1. The molecule has 1 aromatic carbocycles. The highest BCUT2D eigenvalue weighted by Gasteiger charge is 2.29. The van der Waals surface area contributed by atoms with E-state index in [1.54, 1.807) is 23.1 Å². The molecule has 1 aliphatic rings. The molecule has 0 spiro atoms. The number of anilines is 1. The quantitative estimate of drug-likeness (QED) is 0.860. The van der Waals surface area contributed by atoms with E-state index in [0.717, 1.165) is 0 Å². The Morgan fingerprint density at radius 3 is 2.47 bits per heavy atom. The SMILES string of the molecule is CC1COCC(C)N1C(=O)Nc1ccc(Cl)c(Cl)c1. The summed E-state index contributed by atoms with van der Waals surface area (Å²) in [5.41, 5.74) is 0.630. The van der Waals surface area contributed by atoms with Crippen molar-refractivity contribution in [2.24, 2.45) is 0 Å². The molecule has 2 atom stereocenters. The number of benzene rings is 1. The molecular weight excluding hydrogens is 287 g/mol. The van der Waals surface area contributed by atoms with Crippen LogP contribution in [0, 0.1) is 0 Å². The number of hydrogen-bond donors (Lipinski definition) is 1. The van der Waals surface area contributed by atoms with Crippen molar-refractivity contribution in [3.8, 4) is 0 Å². The van der Waals surface area contributed by atoms with Crippen LogP contribution in [0.15, 0.2) is 18.2 Å². The minimum atomic E-state index is -0.151. The summed E-state index contributed by atoms with van der Waals surface area (Å²) in [5.74, 6) is 0. The first-order valence-electron chi connectivity index (χ1n) is 6.11. The van der Waals surface area contributed by atoms with Gasteiger partial charge in [0.05, 0.1) is 35.3 Å². The van der Waals surface area contributed by atoms with Crippen LogP contribution in [-0.4, -0.2) is 36.2 Å². The van der Waals surface area contributed by atoms with Crippen molar-refractivity contribution in [1.29, 1.82) is 0 Å². The van der Waals surface area contributed by atoms with E-state index in [1.165, 1.54) is 0 Å². The van der Waals surface area contributed by atoms with Crippen LogP contribution in [0.4, 0.5) is 10.5 Å². The lowest BCUT2D eigenvalue weighted by Crippen LogP contribution is -2.53. The monoisotopic (exact) mass is 302 g/mol. The average molecular weight is 303 g/mol. The maximum absolute atomic E-state index is 12.3. The topological polar surface area (TPSA) is 41.6 Å². The number of ether oxygens (including phenoxy) is 1. The Morgan fingerprint density at radius 1 is 1.26 bits per heavy atom. The highest BCUT2D eigenvalue weighted by molar-refractivity contribution is 6.42. The molecule has 6 heteroatoms. The summed E-state index contributed by atoms with van der Waals surface area (Å²) in [6.07, 6.45) is 0. The van der Waals surface area contributed by atoms with Gasteiger partial charge in [0.1, 0.15) is 0 Å². The first-order valence-corrected chi connectivity index (χ1v) is 6.86. The molecule has 19 heavy (non-hydrogen) atoms. The minimum absolute atomic E-state index is 0.0477. The summed E-state index contributed by atoms with van der Waals surface area (Å²) >= 11 is 11.8. The highest BCUT2D eigenvalue weighted by Crippen LogP contribution is 2.25. The van der Waals surface area contributed by atoms with Crippen LogP contribution in [-0.2, 0) is 4.74 Å². The van der Waals surface area contributed by atoms with Crippen LogP contribution in [0.1, 0.15) is 13.8 Å². The largest absolute Gasteiger partial charge is 0.377 e. The van der Waals surface area contributed by atoms with E-state index in [9.17, 15) is 4.79 Å². The van der Waals surface area contributed by atoms with Crippen molar-refractivity contribution in [2.45, 2.75) is 25.9 Å². The highest BCUT2D eigenvalue weighted by atomic mass is 35.5. The molecule has 2 amide bonds. The van der Waals surface area contributed by atoms with Crippen molar-refractivity contribution in [3.63, 3.8) is 0 Å². The Labute approximate surface area is 122 Å². The van der Waals surface area contributed by atoms with Crippen LogP contribution in [0.2, 0.25) is 10.0 Å². The fraction of sp³-hybridized carbons (Fsp3) is 0.462. The molecule has 4 nitrogen and oxygen atoms in total. The first kappa shape index (κ1) is 14.4. The molecular formula is C13H16Cl2N2O2. The number of nitrogens with one attached hydrogen (secondary N) is 1. The fourth-order valence-corrected chi connectivity index (χ4v) is 2.46. The van der Waals surface area contributed by atoms with Gasteiger partial charge in [-0.25, -0.2) is 4.79 Å². The lowest BCUT2D eigenvalue weighted by molar-refractivity contribution is -0.0111. The van der Waals surface area contributed by atoms with Crippen LogP contribution < -0.4 is 5.32 Å². The van der Waals surface area contributed by atoms with Gasteiger partial charge in [0.25, 0.3) is 0 Å². The second kappa shape index (κ2) is 5.99. The van der Waals surface area contributed by atoms with Crippen LogP contribution in [0.25, 0.3) is 0 Å². The van der Waals surface area contributed by atoms with Crippen molar-refractivity contribution in [3.05, 3.63) is 28.2 Å². The van der Waals surface area contributed by atoms with E-state index in [-0.39, 0.29) is 18.1 Å². The second-order valence-corrected chi connectivity index (χ2v) is 5.52. The maximum atomic E-state index is 12.3. The van der Waals surface area contributed by atoms with E-state index in [1.807, 2.05) is 13.8 Å². The number of carbonyl (C=O) groups is 1. The predicted octanol–water partition coefficient (Wildman–Crippen LogP) is 3.63. The van der Waals surface area contributed by atoms with E-state index in [4.69, 9.17) is 27.9 Å². The second-order valence-electron chi connectivity index (χ2n) is 4.70. The lowest BCUT2D eigenvalue weighted by Gasteiger charge is -2.38. The molecule has 1 saturated heterocycles. The van der Waals surface area contributed by atoms with E-state index in [0.29, 0.717) is 28.9 Å². The minimum Gasteiger partial charge on any atom is -0.377 e. The van der Waals surface area contributed by atoms with Gasteiger partial charge in [0.2, 0.25) is 0 Å². The first-order chi connectivity index (χ1) is 8.99.